The maximum absolute atomic E-state index is 12.5. The molecule has 0 aliphatic heterocycles. The number of aryl methyl sites for hydroxylation is 1. The Bertz CT molecular complexity index is 918. The molecule has 1 N–H and O–H groups in total. The predicted molar refractivity (Wildman–Crippen MR) is 102 cm³/mol. The molecule has 0 saturated heterocycles. The summed E-state index contributed by atoms with van der Waals surface area (Å²) >= 11 is 1.34. The highest BCUT2D eigenvalue weighted by Gasteiger charge is 2.36. The standard InChI is InChI=1S/C18H21N5O3S/c1-10-3-8-14(23(25)26)16(11(10)2)19-15(24)9-27-18-21-20-17(12-4-5-12)22(18)13-6-7-13/h3,8,12-13H,4-7,9H2,1-2H3,(H,19,24). The molecule has 1 amide bonds. The molecule has 27 heavy (non-hydrogen) atoms. The van der Waals surface area contributed by atoms with Crippen LogP contribution in [0.5, 0.6) is 0 Å². The van der Waals surface area contributed by atoms with Crippen molar-refractivity contribution in [1.29, 1.82) is 0 Å². The number of hydrogen-bond donors (Lipinski definition) is 1. The first-order valence-electron chi connectivity index (χ1n) is 9.07. The molecule has 2 aromatic rings. The number of thioether (sulfide) groups is 1. The van der Waals surface area contributed by atoms with E-state index in [4.69, 9.17) is 0 Å². The summed E-state index contributed by atoms with van der Waals surface area (Å²) < 4.78 is 2.19. The quantitative estimate of drug-likeness (QED) is 0.441. The molecule has 4 rings (SSSR count). The number of aromatic nitrogens is 3. The molecule has 8 nitrogen and oxygen atoms in total. The number of benzene rings is 1. The van der Waals surface area contributed by atoms with Crippen LogP contribution in [0.3, 0.4) is 0 Å². The summed E-state index contributed by atoms with van der Waals surface area (Å²) in [4.78, 5) is 23.3. The smallest absolute Gasteiger partial charge is 0.293 e. The molecule has 9 heteroatoms. The third-order valence-electron chi connectivity index (χ3n) is 5.05. The summed E-state index contributed by atoms with van der Waals surface area (Å²) in [6, 6.07) is 3.58. The Balaban J connectivity index is 1.47. The predicted octanol–water partition coefficient (Wildman–Crippen LogP) is 3.75. The van der Waals surface area contributed by atoms with Gasteiger partial charge in [0, 0.05) is 18.0 Å². The zero-order valence-electron chi connectivity index (χ0n) is 15.3. The number of nitro groups is 1. The highest BCUT2D eigenvalue weighted by atomic mass is 32.2. The molecule has 0 unspecified atom stereocenters. The van der Waals surface area contributed by atoms with Gasteiger partial charge in [-0.05, 0) is 50.7 Å². The lowest BCUT2D eigenvalue weighted by atomic mass is 10.1. The summed E-state index contributed by atoms with van der Waals surface area (Å²) in [5.41, 5.74) is 1.78. The summed E-state index contributed by atoms with van der Waals surface area (Å²) in [6.07, 6.45) is 4.58. The van der Waals surface area contributed by atoms with Gasteiger partial charge in [-0.2, -0.15) is 0 Å². The van der Waals surface area contributed by atoms with Crippen LogP contribution in [-0.4, -0.2) is 31.3 Å². The first-order chi connectivity index (χ1) is 13.0. The van der Waals surface area contributed by atoms with Gasteiger partial charge in [-0.15, -0.1) is 10.2 Å². The van der Waals surface area contributed by atoms with Gasteiger partial charge in [-0.1, -0.05) is 17.8 Å². The number of nitrogens with one attached hydrogen (secondary N) is 1. The average Bonchev–Trinajstić information content (AvgIpc) is 3.55. The lowest BCUT2D eigenvalue weighted by Crippen LogP contribution is -2.17. The van der Waals surface area contributed by atoms with Gasteiger partial charge in [-0.3, -0.25) is 14.9 Å². The molecule has 0 atom stereocenters. The van der Waals surface area contributed by atoms with Crippen LogP contribution >= 0.6 is 11.8 Å². The molecule has 0 spiro atoms. The Morgan fingerprint density at radius 2 is 2.04 bits per heavy atom. The summed E-state index contributed by atoms with van der Waals surface area (Å²) in [7, 11) is 0. The fourth-order valence-electron chi connectivity index (χ4n) is 3.10. The minimum Gasteiger partial charge on any atom is -0.319 e. The van der Waals surface area contributed by atoms with Crippen LogP contribution in [0, 0.1) is 24.0 Å². The van der Waals surface area contributed by atoms with Crippen molar-refractivity contribution in [3.8, 4) is 0 Å². The van der Waals surface area contributed by atoms with E-state index >= 15 is 0 Å². The number of amides is 1. The summed E-state index contributed by atoms with van der Waals surface area (Å²) in [5.74, 6) is 1.42. The second-order valence-corrected chi connectivity index (χ2v) is 8.15. The van der Waals surface area contributed by atoms with Gasteiger partial charge < -0.3 is 9.88 Å². The molecule has 2 aliphatic carbocycles. The molecule has 1 aromatic heterocycles. The van der Waals surface area contributed by atoms with Crippen molar-refractivity contribution in [1.82, 2.24) is 14.8 Å². The van der Waals surface area contributed by atoms with Crippen LogP contribution in [0.15, 0.2) is 17.3 Å². The van der Waals surface area contributed by atoms with Gasteiger partial charge in [0.05, 0.1) is 10.7 Å². The topological polar surface area (TPSA) is 103 Å². The minimum atomic E-state index is -0.471. The number of carbonyl (C=O) groups is 1. The number of nitro benzene ring substituents is 1. The van der Waals surface area contributed by atoms with E-state index < -0.39 is 4.92 Å². The van der Waals surface area contributed by atoms with E-state index in [2.05, 4.69) is 20.1 Å². The Morgan fingerprint density at radius 1 is 1.30 bits per heavy atom. The van der Waals surface area contributed by atoms with Crippen LogP contribution in [0.25, 0.3) is 0 Å². The van der Waals surface area contributed by atoms with Crippen molar-refractivity contribution < 1.29 is 9.72 Å². The molecule has 142 valence electrons. The van der Waals surface area contributed by atoms with Crippen LogP contribution in [0.2, 0.25) is 0 Å². The van der Waals surface area contributed by atoms with Crippen molar-refractivity contribution in [2.45, 2.75) is 56.6 Å². The van der Waals surface area contributed by atoms with Crippen molar-refractivity contribution in [3.63, 3.8) is 0 Å². The second kappa shape index (κ2) is 6.95. The fraction of sp³-hybridized carbons (Fsp3) is 0.500. The van der Waals surface area contributed by atoms with Crippen LogP contribution in [0.4, 0.5) is 11.4 Å². The van der Waals surface area contributed by atoms with Crippen LogP contribution < -0.4 is 5.32 Å². The largest absolute Gasteiger partial charge is 0.319 e. The highest BCUT2D eigenvalue weighted by Crippen LogP contribution is 2.46. The molecule has 2 aliphatic rings. The van der Waals surface area contributed by atoms with E-state index in [1.807, 2.05) is 6.92 Å². The van der Waals surface area contributed by atoms with E-state index in [1.54, 1.807) is 13.0 Å². The normalized spacial score (nSPS) is 16.4. The molecular formula is C18H21N5O3S. The second-order valence-electron chi connectivity index (χ2n) is 7.21. The first kappa shape index (κ1) is 18.0. The van der Waals surface area contributed by atoms with Gasteiger partial charge in [0.25, 0.3) is 5.69 Å². The summed E-state index contributed by atoms with van der Waals surface area (Å²) in [6.45, 7) is 3.64. The fourth-order valence-corrected chi connectivity index (χ4v) is 3.91. The number of hydrogen-bond acceptors (Lipinski definition) is 6. The lowest BCUT2D eigenvalue weighted by Gasteiger charge is -2.11. The number of anilines is 1. The number of nitrogens with zero attached hydrogens (tertiary/aromatic N) is 4. The third-order valence-corrected chi connectivity index (χ3v) is 6.00. The van der Waals surface area contributed by atoms with Crippen molar-refractivity contribution in [2.24, 2.45) is 0 Å². The Kier molecular flexibility index (Phi) is 4.63. The number of rotatable bonds is 7. The van der Waals surface area contributed by atoms with E-state index in [9.17, 15) is 14.9 Å². The van der Waals surface area contributed by atoms with Gasteiger partial charge in [0.15, 0.2) is 5.16 Å². The first-order valence-corrected chi connectivity index (χ1v) is 10.1. The van der Waals surface area contributed by atoms with Crippen molar-refractivity contribution in [3.05, 3.63) is 39.2 Å². The zero-order valence-corrected chi connectivity index (χ0v) is 16.1. The van der Waals surface area contributed by atoms with Crippen LogP contribution in [0.1, 0.15) is 54.6 Å². The van der Waals surface area contributed by atoms with E-state index in [0.29, 0.717) is 17.5 Å². The maximum Gasteiger partial charge on any atom is 0.293 e. The molecule has 1 aromatic carbocycles. The van der Waals surface area contributed by atoms with Gasteiger partial charge in [0.2, 0.25) is 5.91 Å². The molecule has 0 radical (unpaired) electrons. The molecular weight excluding hydrogens is 366 g/mol. The summed E-state index contributed by atoms with van der Waals surface area (Å²) in [5, 5.41) is 23.4. The Labute approximate surface area is 160 Å². The van der Waals surface area contributed by atoms with Crippen molar-refractivity contribution in [2.75, 3.05) is 11.1 Å². The van der Waals surface area contributed by atoms with Gasteiger partial charge >= 0.3 is 0 Å². The minimum absolute atomic E-state index is 0.0892. The third kappa shape index (κ3) is 3.69. The molecule has 0 bridgehead atoms. The van der Waals surface area contributed by atoms with E-state index in [1.165, 1.54) is 17.8 Å². The monoisotopic (exact) mass is 387 g/mol. The SMILES string of the molecule is Cc1ccc([N+](=O)[O-])c(NC(=O)CSc2nnc(C3CC3)n2C2CC2)c1C. The van der Waals surface area contributed by atoms with E-state index in [-0.39, 0.29) is 23.0 Å². The molecule has 2 fully saturated rings. The van der Waals surface area contributed by atoms with Gasteiger partial charge in [0.1, 0.15) is 11.5 Å². The zero-order chi connectivity index (χ0) is 19.1. The number of carbonyl (C=O) groups excluding carboxylic acids is 1. The Hall–Kier alpha value is -2.42. The van der Waals surface area contributed by atoms with Crippen LogP contribution in [-0.2, 0) is 4.79 Å². The molecule has 2 saturated carbocycles. The van der Waals surface area contributed by atoms with Crippen molar-refractivity contribution >= 4 is 29.0 Å². The lowest BCUT2D eigenvalue weighted by molar-refractivity contribution is -0.384. The molecule has 1 heterocycles. The highest BCUT2D eigenvalue weighted by molar-refractivity contribution is 7.99. The van der Waals surface area contributed by atoms with Gasteiger partial charge in [-0.25, -0.2) is 0 Å². The Morgan fingerprint density at radius 3 is 2.67 bits per heavy atom. The van der Waals surface area contributed by atoms with E-state index in [0.717, 1.165) is 42.2 Å². The maximum atomic E-state index is 12.5. The average molecular weight is 387 g/mol.